The van der Waals surface area contributed by atoms with Gasteiger partial charge in [-0.15, -0.1) is 0 Å². The normalized spacial score (nSPS) is 17.0. The summed E-state index contributed by atoms with van der Waals surface area (Å²) in [6.07, 6.45) is 5.11. The van der Waals surface area contributed by atoms with Gasteiger partial charge in [0.05, 0.1) is 18.6 Å². The summed E-state index contributed by atoms with van der Waals surface area (Å²) in [4.78, 5) is 2.41. The number of nitrogens with one attached hydrogen (secondary N) is 1. The molecular weight excluding hydrogens is 264 g/mol. The fraction of sp³-hybridized carbons (Fsp3) is 0.412. The summed E-state index contributed by atoms with van der Waals surface area (Å²) in [5.41, 5.74) is 3.62. The van der Waals surface area contributed by atoms with E-state index in [2.05, 4.69) is 34.5 Å². The second-order valence-electron chi connectivity index (χ2n) is 5.65. The van der Waals surface area contributed by atoms with Crippen LogP contribution in [-0.4, -0.2) is 29.2 Å². The molecule has 0 aliphatic carbocycles. The maximum absolute atomic E-state index is 9.59. The predicted molar refractivity (Wildman–Crippen MR) is 83.0 cm³/mol. The highest BCUT2D eigenvalue weighted by Crippen LogP contribution is 2.20. The largest absolute Gasteiger partial charge is 0.472 e. The summed E-state index contributed by atoms with van der Waals surface area (Å²) in [6, 6.07) is 10.4. The first kappa shape index (κ1) is 14.2. The molecule has 2 N–H and O–H groups in total. The number of hydrogen-bond acceptors (Lipinski definition) is 4. The summed E-state index contributed by atoms with van der Waals surface area (Å²) in [5, 5.41) is 13.1. The van der Waals surface area contributed by atoms with Crippen LogP contribution in [-0.2, 0) is 13.1 Å². The van der Waals surface area contributed by atoms with Gasteiger partial charge in [-0.1, -0.05) is 18.2 Å². The Labute approximate surface area is 125 Å². The second-order valence-corrected chi connectivity index (χ2v) is 5.65. The molecule has 4 nitrogen and oxygen atoms in total. The first-order valence-corrected chi connectivity index (χ1v) is 7.54. The number of aliphatic hydroxyl groups is 1. The number of nitrogens with zero attached hydrogens (tertiary/aromatic N) is 1. The summed E-state index contributed by atoms with van der Waals surface area (Å²) in [7, 11) is 0. The first-order valence-electron chi connectivity index (χ1n) is 7.54. The number of piperidine rings is 1. The zero-order chi connectivity index (χ0) is 14.5. The first-order chi connectivity index (χ1) is 10.3. The molecule has 2 heterocycles. The standard InChI is InChI=1S/C17H22N2O2/c20-16-5-8-19(9-6-16)12-15-3-1-2-4-17(15)18-11-14-7-10-21-13-14/h1-4,7,10,13,16,18,20H,5-6,8-9,11-12H2. The molecule has 1 aliphatic rings. The molecule has 3 rings (SSSR count). The van der Waals surface area contributed by atoms with Crippen LogP contribution in [0.3, 0.4) is 0 Å². The Hall–Kier alpha value is -1.78. The molecule has 1 saturated heterocycles. The molecule has 4 heteroatoms. The van der Waals surface area contributed by atoms with Crippen LogP contribution in [0.25, 0.3) is 0 Å². The van der Waals surface area contributed by atoms with E-state index in [9.17, 15) is 5.11 Å². The van der Waals surface area contributed by atoms with Gasteiger partial charge in [-0.25, -0.2) is 0 Å². The number of rotatable bonds is 5. The smallest absolute Gasteiger partial charge is 0.0952 e. The SMILES string of the molecule is OC1CCN(Cc2ccccc2NCc2ccoc2)CC1. The maximum atomic E-state index is 9.59. The van der Waals surface area contributed by atoms with Crippen LogP contribution in [0.2, 0.25) is 0 Å². The molecule has 2 aromatic rings. The molecule has 0 saturated carbocycles. The van der Waals surface area contributed by atoms with Crippen LogP contribution in [0.15, 0.2) is 47.3 Å². The van der Waals surface area contributed by atoms with Gasteiger partial charge in [-0.3, -0.25) is 4.90 Å². The van der Waals surface area contributed by atoms with Crippen molar-refractivity contribution in [1.82, 2.24) is 4.90 Å². The van der Waals surface area contributed by atoms with Crippen LogP contribution in [0.4, 0.5) is 5.69 Å². The van der Waals surface area contributed by atoms with Crippen LogP contribution < -0.4 is 5.32 Å². The van der Waals surface area contributed by atoms with Gasteiger partial charge in [0.25, 0.3) is 0 Å². The van der Waals surface area contributed by atoms with Gasteiger partial charge < -0.3 is 14.8 Å². The lowest BCUT2D eigenvalue weighted by atomic mass is 10.1. The molecule has 21 heavy (non-hydrogen) atoms. The van der Waals surface area contributed by atoms with Crippen molar-refractivity contribution < 1.29 is 9.52 Å². The summed E-state index contributed by atoms with van der Waals surface area (Å²) in [6.45, 7) is 3.64. The van der Waals surface area contributed by atoms with Crippen LogP contribution >= 0.6 is 0 Å². The van der Waals surface area contributed by atoms with Crippen molar-refractivity contribution in [3.63, 3.8) is 0 Å². The van der Waals surface area contributed by atoms with Crippen molar-refractivity contribution in [2.45, 2.75) is 32.0 Å². The van der Waals surface area contributed by atoms with Gasteiger partial charge in [0.2, 0.25) is 0 Å². The number of anilines is 1. The minimum Gasteiger partial charge on any atom is -0.472 e. The van der Waals surface area contributed by atoms with Crippen LogP contribution in [0, 0.1) is 0 Å². The lowest BCUT2D eigenvalue weighted by Gasteiger charge is -2.30. The Morgan fingerprint density at radius 1 is 1.19 bits per heavy atom. The highest BCUT2D eigenvalue weighted by Gasteiger charge is 2.17. The van der Waals surface area contributed by atoms with Gasteiger partial charge in [0.1, 0.15) is 0 Å². The van der Waals surface area contributed by atoms with Gasteiger partial charge in [0.15, 0.2) is 0 Å². The van der Waals surface area contributed by atoms with Crippen LogP contribution in [0.1, 0.15) is 24.0 Å². The van der Waals surface area contributed by atoms with Crippen molar-refractivity contribution in [3.05, 3.63) is 54.0 Å². The summed E-state index contributed by atoms with van der Waals surface area (Å²) >= 11 is 0. The molecule has 1 aliphatic heterocycles. The highest BCUT2D eigenvalue weighted by atomic mass is 16.3. The molecule has 0 unspecified atom stereocenters. The number of furan rings is 1. The van der Waals surface area contributed by atoms with Gasteiger partial charge in [-0.2, -0.15) is 0 Å². The van der Waals surface area contributed by atoms with E-state index in [1.807, 2.05) is 6.07 Å². The zero-order valence-electron chi connectivity index (χ0n) is 12.2. The molecule has 1 aromatic carbocycles. The molecule has 0 bridgehead atoms. The van der Waals surface area contributed by atoms with E-state index in [0.29, 0.717) is 0 Å². The van der Waals surface area contributed by atoms with Crippen molar-refractivity contribution in [1.29, 1.82) is 0 Å². The summed E-state index contributed by atoms with van der Waals surface area (Å²) < 4.78 is 5.09. The third-order valence-electron chi connectivity index (χ3n) is 4.03. The quantitative estimate of drug-likeness (QED) is 0.887. The van der Waals surface area contributed by atoms with Crippen LogP contribution in [0.5, 0.6) is 0 Å². The minimum atomic E-state index is -0.115. The van der Waals surface area contributed by atoms with Crippen molar-refractivity contribution in [2.24, 2.45) is 0 Å². The third kappa shape index (κ3) is 3.86. The molecule has 0 amide bonds. The minimum absolute atomic E-state index is 0.115. The topological polar surface area (TPSA) is 48.6 Å². The number of hydrogen-bond donors (Lipinski definition) is 2. The third-order valence-corrected chi connectivity index (χ3v) is 4.03. The molecule has 1 fully saturated rings. The van der Waals surface area contributed by atoms with E-state index in [0.717, 1.165) is 44.6 Å². The Morgan fingerprint density at radius 2 is 2.00 bits per heavy atom. The summed E-state index contributed by atoms with van der Waals surface area (Å²) in [5.74, 6) is 0. The van der Waals surface area contributed by atoms with Crippen molar-refractivity contribution in [2.75, 3.05) is 18.4 Å². The molecule has 0 atom stereocenters. The average Bonchev–Trinajstić information content (AvgIpc) is 3.02. The Kier molecular flexibility index (Phi) is 4.58. The second kappa shape index (κ2) is 6.78. The fourth-order valence-electron chi connectivity index (χ4n) is 2.74. The Bertz CT molecular complexity index is 546. The lowest BCUT2D eigenvalue weighted by molar-refractivity contribution is 0.0793. The van der Waals surface area contributed by atoms with E-state index < -0.39 is 0 Å². The average molecular weight is 286 g/mol. The van der Waals surface area contributed by atoms with Gasteiger partial charge in [-0.05, 0) is 30.5 Å². The number of para-hydroxylation sites is 1. The van der Waals surface area contributed by atoms with Crippen molar-refractivity contribution >= 4 is 5.69 Å². The van der Waals surface area contributed by atoms with Gasteiger partial charge >= 0.3 is 0 Å². The fourth-order valence-corrected chi connectivity index (χ4v) is 2.74. The molecule has 112 valence electrons. The molecular formula is C17H22N2O2. The zero-order valence-corrected chi connectivity index (χ0v) is 12.2. The predicted octanol–water partition coefficient (Wildman–Crippen LogP) is 2.85. The molecule has 0 radical (unpaired) electrons. The molecule has 1 aromatic heterocycles. The van der Waals surface area contributed by atoms with E-state index in [1.54, 1.807) is 12.5 Å². The Balaban J connectivity index is 1.62. The van der Waals surface area contributed by atoms with E-state index in [-0.39, 0.29) is 6.10 Å². The number of likely N-dealkylation sites (tertiary alicyclic amines) is 1. The van der Waals surface area contributed by atoms with Crippen molar-refractivity contribution in [3.8, 4) is 0 Å². The lowest BCUT2D eigenvalue weighted by Crippen LogP contribution is -2.35. The highest BCUT2D eigenvalue weighted by molar-refractivity contribution is 5.51. The van der Waals surface area contributed by atoms with E-state index >= 15 is 0 Å². The number of benzene rings is 1. The monoisotopic (exact) mass is 286 g/mol. The van der Waals surface area contributed by atoms with Gasteiger partial charge in [0, 0.05) is 37.4 Å². The van der Waals surface area contributed by atoms with E-state index in [1.165, 1.54) is 11.3 Å². The maximum Gasteiger partial charge on any atom is 0.0952 e. The Morgan fingerprint density at radius 3 is 2.76 bits per heavy atom. The number of aliphatic hydroxyl groups excluding tert-OH is 1. The molecule has 0 spiro atoms. The van der Waals surface area contributed by atoms with E-state index in [4.69, 9.17) is 4.42 Å².